The van der Waals surface area contributed by atoms with Gasteiger partial charge in [-0.2, -0.15) is 0 Å². The van der Waals surface area contributed by atoms with E-state index in [2.05, 4.69) is 36.0 Å². The Hall–Kier alpha value is -2.22. The molecule has 20 heavy (non-hydrogen) atoms. The Morgan fingerprint density at radius 1 is 0.650 bits per heavy atom. The zero-order chi connectivity index (χ0) is 14.5. The third-order valence-electron chi connectivity index (χ3n) is 3.33. The topological polar surface area (TPSA) is 24.7 Å². The molecule has 0 amide bonds. The molecule has 2 aromatic carbocycles. The summed E-state index contributed by atoms with van der Waals surface area (Å²) in [5, 5.41) is 0. The van der Waals surface area contributed by atoms with Crippen LogP contribution in [0.3, 0.4) is 0 Å². The first-order valence-electron chi connectivity index (χ1n) is 6.80. The lowest BCUT2D eigenvalue weighted by Crippen LogP contribution is -2.04. The van der Waals surface area contributed by atoms with Crippen LogP contribution in [-0.4, -0.2) is 11.4 Å². The summed E-state index contributed by atoms with van der Waals surface area (Å²) in [5.41, 5.74) is 6.25. The van der Waals surface area contributed by atoms with Gasteiger partial charge in [-0.05, 0) is 51.0 Å². The molecule has 2 nitrogen and oxygen atoms in total. The summed E-state index contributed by atoms with van der Waals surface area (Å²) in [6.07, 6.45) is 0. The van der Waals surface area contributed by atoms with E-state index in [1.807, 2.05) is 50.2 Å². The van der Waals surface area contributed by atoms with Crippen molar-refractivity contribution in [2.45, 2.75) is 27.7 Å². The van der Waals surface area contributed by atoms with E-state index in [1.54, 1.807) is 0 Å². The summed E-state index contributed by atoms with van der Waals surface area (Å²) < 4.78 is 0. The van der Waals surface area contributed by atoms with Gasteiger partial charge in [0, 0.05) is 0 Å². The molecule has 2 heteroatoms. The fourth-order valence-electron chi connectivity index (χ4n) is 1.90. The third kappa shape index (κ3) is 3.41. The van der Waals surface area contributed by atoms with Crippen molar-refractivity contribution in [3.05, 3.63) is 59.7 Å². The second kappa shape index (κ2) is 6.29. The van der Waals surface area contributed by atoms with Crippen LogP contribution in [0.5, 0.6) is 0 Å². The average molecular weight is 264 g/mol. The zero-order valence-corrected chi connectivity index (χ0v) is 12.5. The lowest BCUT2D eigenvalue weighted by molar-refractivity contribution is 1.38. The molecule has 102 valence electrons. The van der Waals surface area contributed by atoms with E-state index in [0.717, 1.165) is 22.8 Å². The predicted octanol–water partition coefficient (Wildman–Crippen LogP) is 5.19. The second-order valence-electron chi connectivity index (χ2n) is 4.97. The number of nitrogens with zero attached hydrogens (tertiary/aromatic N) is 2. The fourth-order valence-corrected chi connectivity index (χ4v) is 1.90. The molecule has 0 aliphatic heterocycles. The van der Waals surface area contributed by atoms with Gasteiger partial charge in [0.1, 0.15) is 0 Å². The molecule has 0 saturated carbocycles. The number of para-hydroxylation sites is 2. The summed E-state index contributed by atoms with van der Waals surface area (Å²) in [6.45, 7) is 8.15. The van der Waals surface area contributed by atoms with Gasteiger partial charge in [0.05, 0.1) is 22.8 Å². The van der Waals surface area contributed by atoms with Crippen molar-refractivity contribution in [2.24, 2.45) is 9.98 Å². The number of aryl methyl sites for hydroxylation is 2. The van der Waals surface area contributed by atoms with Crippen molar-refractivity contribution in [3.8, 4) is 0 Å². The normalized spacial score (nSPS) is 12.6. The highest BCUT2D eigenvalue weighted by Gasteiger charge is 2.01. The highest BCUT2D eigenvalue weighted by molar-refractivity contribution is 6.41. The summed E-state index contributed by atoms with van der Waals surface area (Å²) in [6, 6.07) is 16.3. The first-order valence-corrected chi connectivity index (χ1v) is 6.80. The van der Waals surface area contributed by atoms with Crippen molar-refractivity contribution >= 4 is 22.8 Å². The van der Waals surface area contributed by atoms with Gasteiger partial charge in [-0.25, -0.2) is 0 Å². The van der Waals surface area contributed by atoms with Gasteiger partial charge in [-0.3, -0.25) is 9.98 Å². The molecule has 2 aromatic rings. The van der Waals surface area contributed by atoms with Gasteiger partial charge in [-0.1, -0.05) is 36.4 Å². The van der Waals surface area contributed by atoms with E-state index in [0.29, 0.717) is 0 Å². The molecule has 0 unspecified atom stereocenters. The third-order valence-corrected chi connectivity index (χ3v) is 3.33. The average Bonchev–Trinajstić information content (AvgIpc) is 2.43. The van der Waals surface area contributed by atoms with Crippen molar-refractivity contribution in [2.75, 3.05) is 0 Å². The predicted molar refractivity (Wildman–Crippen MR) is 87.9 cm³/mol. The lowest BCUT2D eigenvalue weighted by atomic mass is 10.2. The minimum absolute atomic E-state index is 0.947. The molecule has 0 N–H and O–H groups in total. The molecule has 0 fully saturated rings. The molecule has 0 radical (unpaired) electrons. The largest absolute Gasteiger partial charge is 0.252 e. The van der Waals surface area contributed by atoms with Crippen LogP contribution in [0.4, 0.5) is 11.4 Å². The maximum Gasteiger partial charge on any atom is 0.0662 e. The molecule has 0 aromatic heterocycles. The highest BCUT2D eigenvalue weighted by Crippen LogP contribution is 2.20. The molecular weight excluding hydrogens is 244 g/mol. The monoisotopic (exact) mass is 264 g/mol. The van der Waals surface area contributed by atoms with Crippen molar-refractivity contribution in [3.63, 3.8) is 0 Å². The van der Waals surface area contributed by atoms with Crippen LogP contribution in [0.25, 0.3) is 0 Å². The van der Waals surface area contributed by atoms with E-state index in [9.17, 15) is 0 Å². The first-order chi connectivity index (χ1) is 9.58. The first kappa shape index (κ1) is 14.2. The molecule has 0 aliphatic carbocycles. The Morgan fingerprint density at radius 2 is 1.00 bits per heavy atom. The Bertz CT molecular complexity index is 607. The van der Waals surface area contributed by atoms with Crippen LogP contribution in [0, 0.1) is 13.8 Å². The van der Waals surface area contributed by atoms with E-state index < -0.39 is 0 Å². The van der Waals surface area contributed by atoms with E-state index >= 15 is 0 Å². The quantitative estimate of drug-likeness (QED) is 0.682. The standard InChI is InChI=1S/C18H20N2/c1-13-9-5-7-11-17(13)19-15(3)16(4)20-18-12-8-6-10-14(18)2/h5-12H,1-4H3/b19-15-,20-16-. The van der Waals surface area contributed by atoms with E-state index in [-0.39, 0.29) is 0 Å². The van der Waals surface area contributed by atoms with Crippen LogP contribution < -0.4 is 0 Å². The van der Waals surface area contributed by atoms with Gasteiger partial charge in [0.2, 0.25) is 0 Å². The minimum Gasteiger partial charge on any atom is -0.252 e. The second-order valence-corrected chi connectivity index (χ2v) is 4.97. The number of hydrogen-bond donors (Lipinski definition) is 0. The molecule has 0 spiro atoms. The fraction of sp³-hybridized carbons (Fsp3) is 0.222. The summed E-state index contributed by atoms with van der Waals surface area (Å²) in [4.78, 5) is 9.34. The van der Waals surface area contributed by atoms with Crippen LogP contribution in [0.15, 0.2) is 58.5 Å². The smallest absolute Gasteiger partial charge is 0.0662 e. The zero-order valence-electron chi connectivity index (χ0n) is 12.5. The maximum atomic E-state index is 4.67. The molecule has 0 heterocycles. The molecule has 0 bridgehead atoms. The Balaban J connectivity index is 2.32. The molecular formula is C18H20N2. The molecule has 2 rings (SSSR count). The van der Waals surface area contributed by atoms with Crippen LogP contribution >= 0.6 is 0 Å². The number of rotatable bonds is 3. The number of hydrogen-bond acceptors (Lipinski definition) is 2. The number of aliphatic imine (C=N–C) groups is 2. The van der Waals surface area contributed by atoms with Gasteiger partial charge in [-0.15, -0.1) is 0 Å². The van der Waals surface area contributed by atoms with Crippen LogP contribution in [-0.2, 0) is 0 Å². The Kier molecular flexibility index (Phi) is 4.46. The SMILES string of the molecule is CC(=N/c1ccccc1C)/C(C)=N\c1ccccc1C. The molecule has 0 aliphatic rings. The van der Waals surface area contributed by atoms with Crippen molar-refractivity contribution < 1.29 is 0 Å². The lowest BCUT2D eigenvalue weighted by Gasteiger charge is -2.05. The summed E-state index contributed by atoms with van der Waals surface area (Å²) >= 11 is 0. The number of benzene rings is 2. The maximum absolute atomic E-state index is 4.67. The minimum atomic E-state index is 0.947. The van der Waals surface area contributed by atoms with Crippen molar-refractivity contribution in [1.82, 2.24) is 0 Å². The van der Waals surface area contributed by atoms with Gasteiger partial charge >= 0.3 is 0 Å². The summed E-state index contributed by atoms with van der Waals surface area (Å²) in [5.74, 6) is 0. The van der Waals surface area contributed by atoms with Crippen LogP contribution in [0.2, 0.25) is 0 Å². The van der Waals surface area contributed by atoms with Crippen LogP contribution in [0.1, 0.15) is 25.0 Å². The van der Waals surface area contributed by atoms with Crippen molar-refractivity contribution in [1.29, 1.82) is 0 Å². The van der Waals surface area contributed by atoms with Gasteiger partial charge in [0.25, 0.3) is 0 Å². The van der Waals surface area contributed by atoms with E-state index in [1.165, 1.54) is 11.1 Å². The highest BCUT2D eigenvalue weighted by atomic mass is 14.8. The molecule has 0 atom stereocenters. The summed E-state index contributed by atoms with van der Waals surface area (Å²) in [7, 11) is 0. The van der Waals surface area contributed by atoms with Gasteiger partial charge in [0.15, 0.2) is 0 Å². The Labute approximate surface area is 120 Å². The van der Waals surface area contributed by atoms with E-state index in [4.69, 9.17) is 0 Å². The Morgan fingerprint density at radius 3 is 1.35 bits per heavy atom. The van der Waals surface area contributed by atoms with Gasteiger partial charge < -0.3 is 0 Å². The molecule has 0 saturated heterocycles.